The van der Waals surface area contributed by atoms with Gasteiger partial charge in [-0.2, -0.15) is 4.31 Å². The van der Waals surface area contributed by atoms with Crippen molar-refractivity contribution in [2.45, 2.75) is 37.8 Å². The molecule has 1 saturated heterocycles. The zero-order valence-corrected chi connectivity index (χ0v) is 19.0. The van der Waals surface area contributed by atoms with Crippen LogP contribution in [0.25, 0.3) is 0 Å². The van der Waals surface area contributed by atoms with Gasteiger partial charge in [-0.15, -0.1) is 0 Å². The maximum Gasteiger partial charge on any atom is 0.289 e. The topological polar surface area (TPSA) is 91.1 Å². The lowest BCUT2D eigenvalue weighted by atomic mass is 10.1. The second-order valence-corrected chi connectivity index (χ2v) is 9.67. The van der Waals surface area contributed by atoms with Crippen molar-refractivity contribution >= 4 is 21.8 Å². The normalized spacial score (nSPS) is 14.9. The molecule has 9 heteroatoms. The van der Waals surface area contributed by atoms with E-state index in [1.54, 1.807) is 43.3 Å². The Morgan fingerprint density at radius 1 is 0.968 bits per heavy atom. The van der Waals surface area contributed by atoms with Crippen LogP contribution in [0.5, 0.6) is 0 Å². The summed E-state index contributed by atoms with van der Waals surface area (Å²) in [6.07, 6.45) is 2.67. The fraction of sp³-hybridized carbons (Fsp3) is 0.455. The number of hydrogen-bond acceptors (Lipinski definition) is 5. The van der Waals surface area contributed by atoms with Crippen molar-refractivity contribution in [3.05, 3.63) is 53.3 Å². The van der Waals surface area contributed by atoms with Gasteiger partial charge in [0.1, 0.15) is 0 Å². The Labute approximate surface area is 183 Å². The molecule has 1 aromatic heterocycles. The third-order valence-corrected chi connectivity index (χ3v) is 7.12. The number of piperidine rings is 1. The van der Waals surface area contributed by atoms with Crippen LogP contribution in [0.3, 0.4) is 0 Å². The SMILES string of the molecule is CCN(Cc1ccc(C(=O)N(C)C)cc1)C(=O)c1ccc(S(=O)(=O)N2CCCCC2)o1. The minimum atomic E-state index is -3.73. The Hall–Kier alpha value is -2.65. The zero-order chi connectivity index (χ0) is 22.6. The van der Waals surface area contributed by atoms with Gasteiger partial charge in [-0.25, -0.2) is 8.42 Å². The van der Waals surface area contributed by atoms with Gasteiger partial charge in [-0.3, -0.25) is 9.59 Å². The summed E-state index contributed by atoms with van der Waals surface area (Å²) in [7, 11) is -0.343. The summed E-state index contributed by atoms with van der Waals surface area (Å²) in [5.74, 6) is -0.471. The summed E-state index contributed by atoms with van der Waals surface area (Å²) in [5.41, 5.74) is 1.43. The predicted octanol–water partition coefficient (Wildman–Crippen LogP) is 2.82. The fourth-order valence-electron chi connectivity index (χ4n) is 3.52. The van der Waals surface area contributed by atoms with Crippen LogP contribution in [0.15, 0.2) is 45.9 Å². The van der Waals surface area contributed by atoms with Crippen LogP contribution < -0.4 is 0 Å². The van der Waals surface area contributed by atoms with Gasteiger partial charge < -0.3 is 14.2 Å². The van der Waals surface area contributed by atoms with E-state index in [2.05, 4.69) is 0 Å². The Kier molecular flexibility index (Phi) is 7.17. The number of carbonyl (C=O) groups excluding carboxylic acids is 2. The second-order valence-electron chi connectivity index (χ2n) is 7.80. The molecule has 2 amide bonds. The number of furan rings is 1. The molecule has 1 fully saturated rings. The molecular weight excluding hydrogens is 418 g/mol. The molecule has 2 heterocycles. The number of rotatable bonds is 7. The van der Waals surface area contributed by atoms with E-state index in [1.165, 1.54) is 21.3 Å². The molecule has 0 spiro atoms. The van der Waals surface area contributed by atoms with Crippen molar-refractivity contribution in [2.75, 3.05) is 33.7 Å². The van der Waals surface area contributed by atoms with Crippen LogP contribution in [-0.4, -0.2) is 68.1 Å². The van der Waals surface area contributed by atoms with Crippen LogP contribution in [0, 0.1) is 0 Å². The highest BCUT2D eigenvalue weighted by Crippen LogP contribution is 2.23. The average molecular weight is 448 g/mol. The Morgan fingerprint density at radius 2 is 1.61 bits per heavy atom. The molecule has 0 saturated carbocycles. The van der Waals surface area contributed by atoms with E-state index in [-0.39, 0.29) is 22.7 Å². The molecule has 0 bridgehead atoms. The van der Waals surface area contributed by atoms with Crippen molar-refractivity contribution in [2.24, 2.45) is 0 Å². The summed E-state index contributed by atoms with van der Waals surface area (Å²) >= 11 is 0. The smallest absolute Gasteiger partial charge is 0.289 e. The molecule has 1 aliphatic heterocycles. The number of sulfonamides is 1. The highest BCUT2D eigenvalue weighted by atomic mass is 32.2. The molecule has 2 aromatic rings. The highest BCUT2D eigenvalue weighted by Gasteiger charge is 2.30. The molecule has 0 N–H and O–H groups in total. The lowest BCUT2D eigenvalue weighted by Crippen LogP contribution is -2.35. The first-order valence-electron chi connectivity index (χ1n) is 10.4. The Balaban J connectivity index is 1.72. The van der Waals surface area contributed by atoms with E-state index in [1.807, 2.05) is 6.92 Å². The molecule has 3 rings (SSSR count). The molecule has 168 valence electrons. The maximum atomic E-state index is 12.9. The van der Waals surface area contributed by atoms with Crippen molar-refractivity contribution in [3.8, 4) is 0 Å². The lowest BCUT2D eigenvalue weighted by Gasteiger charge is -2.24. The average Bonchev–Trinajstić information content (AvgIpc) is 3.28. The number of amides is 2. The van der Waals surface area contributed by atoms with Gasteiger partial charge in [0.25, 0.3) is 21.8 Å². The standard InChI is InChI=1S/C22H29N3O5S/c1-4-24(16-17-8-10-18(11-9-17)21(26)23(2)3)22(27)19-12-13-20(30-19)31(28,29)25-14-6-5-7-15-25/h8-13H,4-7,14-16H2,1-3H3. The summed E-state index contributed by atoms with van der Waals surface area (Å²) < 4.78 is 32.4. The first kappa shape index (κ1) is 23.0. The number of benzene rings is 1. The largest absolute Gasteiger partial charge is 0.438 e. The lowest BCUT2D eigenvalue weighted by molar-refractivity contribution is 0.0713. The van der Waals surface area contributed by atoms with Gasteiger partial charge in [-0.1, -0.05) is 18.6 Å². The quantitative estimate of drug-likeness (QED) is 0.651. The third kappa shape index (κ3) is 5.16. The van der Waals surface area contributed by atoms with Crippen LogP contribution in [0.1, 0.15) is 52.7 Å². The number of carbonyl (C=O) groups is 2. The van der Waals surface area contributed by atoms with E-state index in [0.717, 1.165) is 24.8 Å². The first-order valence-corrected chi connectivity index (χ1v) is 11.9. The molecule has 0 atom stereocenters. The van der Waals surface area contributed by atoms with Crippen LogP contribution >= 0.6 is 0 Å². The van der Waals surface area contributed by atoms with E-state index < -0.39 is 10.0 Å². The van der Waals surface area contributed by atoms with Crippen molar-refractivity contribution in [3.63, 3.8) is 0 Å². The first-order chi connectivity index (χ1) is 14.7. The van der Waals surface area contributed by atoms with Gasteiger partial charge in [-0.05, 0) is 49.6 Å². The molecule has 1 aliphatic rings. The van der Waals surface area contributed by atoms with E-state index in [0.29, 0.717) is 31.7 Å². The van der Waals surface area contributed by atoms with E-state index in [9.17, 15) is 18.0 Å². The summed E-state index contributed by atoms with van der Waals surface area (Å²) in [6, 6.07) is 9.84. The minimum Gasteiger partial charge on any atom is -0.438 e. The van der Waals surface area contributed by atoms with Gasteiger partial charge in [0.05, 0.1) is 0 Å². The molecule has 0 radical (unpaired) electrons. The molecule has 1 aromatic carbocycles. The molecule has 0 aliphatic carbocycles. The number of hydrogen-bond donors (Lipinski definition) is 0. The van der Waals surface area contributed by atoms with Crippen LogP contribution in [0.4, 0.5) is 0 Å². The third-order valence-electron chi connectivity index (χ3n) is 5.35. The molecule has 0 unspecified atom stereocenters. The molecular formula is C22H29N3O5S. The van der Waals surface area contributed by atoms with Crippen molar-refractivity contribution < 1.29 is 22.4 Å². The molecule has 8 nitrogen and oxygen atoms in total. The van der Waals surface area contributed by atoms with E-state index >= 15 is 0 Å². The van der Waals surface area contributed by atoms with Crippen LogP contribution in [0.2, 0.25) is 0 Å². The maximum absolute atomic E-state index is 12.9. The van der Waals surface area contributed by atoms with E-state index in [4.69, 9.17) is 4.42 Å². The number of nitrogens with zero attached hydrogens (tertiary/aromatic N) is 3. The summed E-state index contributed by atoms with van der Waals surface area (Å²) in [4.78, 5) is 28.0. The highest BCUT2D eigenvalue weighted by molar-refractivity contribution is 7.89. The summed E-state index contributed by atoms with van der Waals surface area (Å²) in [6.45, 7) is 3.53. The molecule has 31 heavy (non-hydrogen) atoms. The predicted molar refractivity (Wildman–Crippen MR) is 116 cm³/mol. The van der Waals surface area contributed by atoms with Crippen molar-refractivity contribution in [1.29, 1.82) is 0 Å². The minimum absolute atomic E-state index is 0.00293. The Bertz CT molecular complexity index is 1020. The van der Waals surface area contributed by atoms with Gasteiger partial charge in [0.15, 0.2) is 5.76 Å². The Morgan fingerprint density at radius 3 is 2.19 bits per heavy atom. The monoisotopic (exact) mass is 447 g/mol. The summed E-state index contributed by atoms with van der Waals surface area (Å²) in [5, 5.41) is -0.194. The fourth-order valence-corrected chi connectivity index (χ4v) is 4.95. The van der Waals surface area contributed by atoms with Gasteiger partial charge in [0, 0.05) is 45.8 Å². The van der Waals surface area contributed by atoms with Gasteiger partial charge >= 0.3 is 0 Å². The van der Waals surface area contributed by atoms with Crippen molar-refractivity contribution in [1.82, 2.24) is 14.1 Å². The zero-order valence-electron chi connectivity index (χ0n) is 18.2. The van der Waals surface area contributed by atoms with Crippen LogP contribution in [-0.2, 0) is 16.6 Å². The van der Waals surface area contributed by atoms with Gasteiger partial charge in [0.2, 0.25) is 5.09 Å². The second kappa shape index (κ2) is 9.65.